The van der Waals surface area contributed by atoms with Crippen molar-refractivity contribution in [1.29, 1.82) is 0 Å². The fourth-order valence-electron chi connectivity index (χ4n) is 1.38. The molecule has 0 spiro atoms. The number of rotatable bonds is 7. The number of carbonyl (C=O) groups is 3. The SMILES string of the molecule is NC(=O)CN(CC(=O)O)C(=O)COc1cccc(Br)c1. The van der Waals surface area contributed by atoms with Gasteiger partial charge in [-0.1, -0.05) is 22.0 Å². The van der Waals surface area contributed by atoms with Crippen LogP contribution in [0.25, 0.3) is 0 Å². The van der Waals surface area contributed by atoms with Crippen LogP contribution in [0.15, 0.2) is 28.7 Å². The summed E-state index contributed by atoms with van der Waals surface area (Å²) in [5, 5.41) is 8.67. The molecule has 0 saturated heterocycles. The molecule has 0 saturated carbocycles. The molecule has 0 radical (unpaired) electrons. The average Bonchev–Trinajstić information content (AvgIpc) is 2.34. The minimum atomic E-state index is -1.23. The molecule has 0 bridgehead atoms. The van der Waals surface area contributed by atoms with Crippen molar-refractivity contribution in [3.63, 3.8) is 0 Å². The third kappa shape index (κ3) is 5.70. The summed E-state index contributed by atoms with van der Waals surface area (Å²) in [4.78, 5) is 34.0. The highest BCUT2D eigenvalue weighted by Crippen LogP contribution is 2.17. The van der Waals surface area contributed by atoms with Crippen molar-refractivity contribution in [2.45, 2.75) is 0 Å². The van der Waals surface area contributed by atoms with Gasteiger partial charge in [-0.3, -0.25) is 14.4 Å². The van der Waals surface area contributed by atoms with E-state index in [1.807, 2.05) is 0 Å². The van der Waals surface area contributed by atoms with Gasteiger partial charge in [0, 0.05) is 4.47 Å². The summed E-state index contributed by atoms with van der Waals surface area (Å²) < 4.78 is 6.01. The molecule has 0 aliphatic heterocycles. The molecular weight excluding hydrogens is 332 g/mol. The van der Waals surface area contributed by atoms with Crippen LogP contribution in [0.1, 0.15) is 0 Å². The number of primary amides is 1. The van der Waals surface area contributed by atoms with Gasteiger partial charge in [0.1, 0.15) is 18.8 Å². The molecule has 0 unspecified atom stereocenters. The number of carboxylic acid groups (broad SMARTS) is 1. The first-order valence-corrected chi connectivity index (χ1v) is 6.34. The Balaban J connectivity index is 2.61. The van der Waals surface area contributed by atoms with E-state index in [4.69, 9.17) is 15.6 Å². The minimum Gasteiger partial charge on any atom is -0.484 e. The standard InChI is InChI=1S/C12H13BrN2O5/c13-8-2-1-3-9(4-8)20-7-11(17)15(5-10(14)16)6-12(18)19/h1-4H,5-7H2,(H2,14,16)(H,18,19). The van der Waals surface area contributed by atoms with E-state index in [2.05, 4.69) is 15.9 Å². The summed E-state index contributed by atoms with van der Waals surface area (Å²) in [5.41, 5.74) is 4.96. The van der Waals surface area contributed by atoms with Gasteiger partial charge in [-0.15, -0.1) is 0 Å². The van der Waals surface area contributed by atoms with E-state index < -0.39 is 30.9 Å². The van der Waals surface area contributed by atoms with Crippen molar-refractivity contribution in [3.8, 4) is 5.75 Å². The highest BCUT2D eigenvalue weighted by atomic mass is 79.9. The smallest absolute Gasteiger partial charge is 0.323 e. The number of carbonyl (C=O) groups excluding carboxylic acids is 2. The molecule has 108 valence electrons. The first-order chi connectivity index (χ1) is 9.38. The Labute approximate surface area is 123 Å². The second-order valence-electron chi connectivity index (χ2n) is 3.86. The lowest BCUT2D eigenvalue weighted by Gasteiger charge is -2.19. The van der Waals surface area contributed by atoms with Gasteiger partial charge in [-0.25, -0.2) is 0 Å². The number of aliphatic carboxylic acids is 1. The van der Waals surface area contributed by atoms with Crippen molar-refractivity contribution in [1.82, 2.24) is 4.90 Å². The number of ether oxygens (including phenoxy) is 1. The minimum absolute atomic E-state index is 0.378. The normalized spacial score (nSPS) is 9.85. The third-order valence-electron chi connectivity index (χ3n) is 2.18. The van der Waals surface area contributed by atoms with E-state index in [1.54, 1.807) is 24.3 Å². The first-order valence-electron chi connectivity index (χ1n) is 5.54. The highest BCUT2D eigenvalue weighted by molar-refractivity contribution is 9.10. The molecular formula is C12H13BrN2O5. The number of carboxylic acids is 1. The molecule has 0 heterocycles. The van der Waals surface area contributed by atoms with E-state index >= 15 is 0 Å². The summed E-state index contributed by atoms with van der Waals surface area (Å²) >= 11 is 3.25. The zero-order valence-electron chi connectivity index (χ0n) is 10.4. The fourth-order valence-corrected chi connectivity index (χ4v) is 1.76. The summed E-state index contributed by atoms with van der Waals surface area (Å²) in [6.07, 6.45) is 0. The van der Waals surface area contributed by atoms with Gasteiger partial charge in [0.25, 0.3) is 5.91 Å². The zero-order chi connectivity index (χ0) is 15.1. The molecule has 1 aromatic rings. The molecule has 20 heavy (non-hydrogen) atoms. The number of halogens is 1. The number of hydrogen-bond acceptors (Lipinski definition) is 4. The maximum atomic E-state index is 11.8. The van der Waals surface area contributed by atoms with Gasteiger partial charge >= 0.3 is 5.97 Å². The number of hydrogen-bond donors (Lipinski definition) is 2. The number of benzene rings is 1. The van der Waals surface area contributed by atoms with E-state index in [9.17, 15) is 14.4 Å². The van der Waals surface area contributed by atoms with Crippen LogP contribution in [-0.2, 0) is 14.4 Å². The predicted octanol–water partition coefficient (Wildman–Crippen LogP) is 0.226. The summed E-state index contributed by atoms with van der Waals surface area (Å²) in [7, 11) is 0. The Morgan fingerprint density at radius 2 is 2.00 bits per heavy atom. The molecule has 7 nitrogen and oxygen atoms in total. The highest BCUT2D eigenvalue weighted by Gasteiger charge is 2.19. The van der Waals surface area contributed by atoms with Crippen LogP contribution in [-0.4, -0.2) is 47.5 Å². The largest absolute Gasteiger partial charge is 0.484 e. The topological polar surface area (TPSA) is 110 Å². The Kier molecular flexibility index (Phi) is 5.98. The van der Waals surface area contributed by atoms with Crippen molar-refractivity contribution in [2.75, 3.05) is 19.7 Å². The van der Waals surface area contributed by atoms with E-state index in [0.29, 0.717) is 5.75 Å². The van der Waals surface area contributed by atoms with Gasteiger partial charge in [0.2, 0.25) is 5.91 Å². The molecule has 0 atom stereocenters. The van der Waals surface area contributed by atoms with Crippen LogP contribution >= 0.6 is 15.9 Å². The first kappa shape index (κ1) is 16.0. The van der Waals surface area contributed by atoms with E-state index in [-0.39, 0.29) is 6.61 Å². The van der Waals surface area contributed by atoms with Crippen LogP contribution in [0.5, 0.6) is 5.75 Å². The Hall–Kier alpha value is -2.09. The maximum absolute atomic E-state index is 11.8. The molecule has 0 aliphatic rings. The van der Waals surface area contributed by atoms with Crippen LogP contribution in [0.3, 0.4) is 0 Å². The van der Waals surface area contributed by atoms with Crippen molar-refractivity contribution >= 4 is 33.7 Å². The Morgan fingerprint density at radius 3 is 2.55 bits per heavy atom. The van der Waals surface area contributed by atoms with Crippen molar-refractivity contribution in [2.24, 2.45) is 5.73 Å². The summed E-state index contributed by atoms with van der Waals surface area (Å²) in [6, 6.07) is 6.82. The number of nitrogens with two attached hydrogens (primary N) is 1. The molecule has 0 aromatic heterocycles. The fraction of sp³-hybridized carbons (Fsp3) is 0.250. The molecule has 1 rings (SSSR count). The third-order valence-corrected chi connectivity index (χ3v) is 2.68. The van der Waals surface area contributed by atoms with Gasteiger partial charge in [0.05, 0.1) is 0 Å². The molecule has 1 aromatic carbocycles. The van der Waals surface area contributed by atoms with Gasteiger partial charge in [-0.2, -0.15) is 0 Å². The van der Waals surface area contributed by atoms with Crippen LogP contribution in [0.2, 0.25) is 0 Å². The van der Waals surface area contributed by atoms with Crippen LogP contribution in [0, 0.1) is 0 Å². The lowest BCUT2D eigenvalue weighted by molar-refractivity contribution is -0.146. The quantitative estimate of drug-likeness (QED) is 0.735. The van der Waals surface area contributed by atoms with Gasteiger partial charge < -0.3 is 20.5 Å². The molecule has 2 amide bonds. The van der Waals surface area contributed by atoms with Crippen LogP contribution < -0.4 is 10.5 Å². The van der Waals surface area contributed by atoms with E-state index in [1.165, 1.54) is 0 Å². The second-order valence-corrected chi connectivity index (χ2v) is 4.77. The molecule has 8 heteroatoms. The number of nitrogens with zero attached hydrogens (tertiary/aromatic N) is 1. The molecule has 0 aliphatic carbocycles. The second kappa shape index (κ2) is 7.49. The Bertz CT molecular complexity index is 504. The monoisotopic (exact) mass is 344 g/mol. The predicted molar refractivity (Wildman–Crippen MR) is 73.0 cm³/mol. The zero-order valence-corrected chi connectivity index (χ0v) is 12.0. The van der Waals surface area contributed by atoms with Crippen molar-refractivity contribution in [3.05, 3.63) is 28.7 Å². The maximum Gasteiger partial charge on any atom is 0.323 e. The average molecular weight is 345 g/mol. The lowest BCUT2D eigenvalue weighted by Crippen LogP contribution is -2.43. The van der Waals surface area contributed by atoms with Gasteiger partial charge in [-0.05, 0) is 18.2 Å². The van der Waals surface area contributed by atoms with Crippen LogP contribution in [0.4, 0.5) is 0 Å². The van der Waals surface area contributed by atoms with Gasteiger partial charge in [0.15, 0.2) is 6.61 Å². The number of amides is 2. The summed E-state index contributed by atoms with van der Waals surface area (Å²) in [6.45, 7) is -1.45. The molecule has 3 N–H and O–H groups in total. The summed E-state index contributed by atoms with van der Waals surface area (Å²) in [5.74, 6) is -2.21. The Morgan fingerprint density at radius 1 is 1.30 bits per heavy atom. The molecule has 0 fully saturated rings. The van der Waals surface area contributed by atoms with E-state index in [0.717, 1.165) is 9.37 Å². The lowest BCUT2D eigenvalue weighted by atomic mass is 10.3. The van der Waals surface area contributed by atoms with Crippen molar-refractivity contribution < 1.29 is 24.2 Å².